The highest BCUT2D eigenvalue weighted by Crippen LogP contribution is 2.27. The number of nitrogens with zero attached hydrogens (tertiary/aromatic N) is 3. The highest BCUT2D eigenvalue weighted by atomic mass is 16.5. The average molecular weight is 376 g/mol. The summed E-state index contributed by atoms with van der Waals surface area (Å²) < 4.78 is 5.41. The second-order valence-corrected chi connectivity index (χ2v) is 7.34. The lowest BCUT2D eigenvalue weighted by atomic mass is 9.87. The molecule has 28 heavy (non-hydrogen) atoms. The van der Waals surface area contributed by atoms with Gasteiger partial charge in [0.15, 0.2) is 0 Å². The molecule has 0 bridgehead atoms. The second-order valence-electron chi connectivity index (χ2n) is 7.34. The molecule has 1 N–H and O–H groups in total. The number of amides is 1. The van der Waals surface area contributed by atoms with Gasteiger partial charge in [0.25, 0.3) is 0 Å². The van der Waals surface area contributed by atoms with Crippen molar-refractivity contribution >= 4 is 11.6 Å². The number of pyridine rings is 1. The molecule has 0 aliphatic heterocycles. The van der Waals surface area contributed by atoms with Crippen molar-refractivity contribution in [3.63, 3.8) is 0 Å². The lowest BCUT2D eigenvalue weighted by Crippen LogP contribution is -2.19. The molecule has 6 nitrogen and oxygen atoms in total. The number of carbonyl (C=O) groups is 1. The predicted molar refractivity (Wildman–Crippen MR) is 107 cm³/mol. The molecule has 3 aromatic rings. The van der Waals surface area contributed by atoms with Gasteiger partial charge in [0.05, 0.1) is 6.42 Å². The molecule has 0 saturated heterocycles. The third-order valence-corrected chi connectivity index (χ3v) is 5.24. The van der Waals surface area contributed by atoms with Gasteiger partial charge in [-0.05, 0) is 42.5 Å². The van der Waals surface area contributed by atoms with Crippen LogP contribution in [0.4, 0.5) is 5.69 Å². The van der Waals surface area contributed by atoms with Gasteiger partial charge in [-0.2, -0.15) is 4.98 Å². The fraction of sp³-hybridized carbons (Fsp3) is 0.364. The van der Waals surface area contributed by atoms with E-state index in [-0.39, 0.29) is 5.91 Å². The molecule has 1 amide bonds. The molecule has 144 valence electrons. The maximum atomic E-state index is 12.5. The molecule has 2 aromatic heterocycles. The Labute approximate surface area is 164 Å². The SMILES string of the molecule is O=C(CC1CCCCC1)Nc1ccccc1Cc1nc(-c2ccncc2)no1. The fourth-order valence-electron chi connectivity index (χ4n) is 3.76. The standard InChI is InChI=1S/C22H24N4O2/c27-20(14-16-6-2-1-3-7-16)24-19-9-5-4-8-18(19)15-21-25-22(26-28-21)17-10-12-23-13-11-17/h4-5,8-13,16H,1-3,6-7,14-15H2,(H,24,27). The van der Waals surface area contributed by atoms with Gasteiger partial charge in [-0.15, -0.1) is 0 Å². The third-order valence-electron chi connectivity index (χ3n) is 5.24. The number of benzene rings is 1. The number of aromatic nitrogens is 3. The summed E-state index contributed by atoms with van der Waals surface area (Å²) in [6.07, 6.45) is 10.6. The zero-order chi connectivity index (χ0) is 19.2. The van der Waals surface area contributed by atoms with E-state index in [4.69, 9.17) is 4.52 Å². The topological polar surface area (TPSA) is 80.9 Å². The molecule has 1 fully saturated rings. The van der Waals surface area contributed by atoms with Crippen LogP contribution in [0.3, 0.4) is 0 Å². The van der Waals surface area contributed by atoms with Gasteiger partial charge >= 0.3 is 0 Å². The quantitative estimate of drug-likeness (QED) is 0.678. The minimum atomic E-state index is 0.0855. The highest BCUT2D eigenvalue weighted by molar-refractivity contribution is 5.91. The Morgan fingerprint density at radius 1 is 1.07 bits per heavy atom. The summed E-state index contributed by atoms with van der Waals surface area (Å²) in [5.74, 6) is 1.65. The van der Waals surface area contributed by atoms with Crippen molar-refractivity contribution in [3.8, 4) is 11.4 Å². The molecule has 2 heterocycles. The fourth-order valence-corrected chi connectivity index (χ4v) is 3.76. The Morgan fingerprint density at radius 3 is 2.68 bits per heavy atom. The van der Waals surface area contributed by atoms with Crippen LogP contribution in [0, 0.1) is 5.92 Å². The maximum Gasteiger partial charge on any atom is 0.231 e. The van der Waals surface area contributed by atoms with Gasteiger partial charge in [0, 0.05) is 30.1 Å². The Hall–Kier alpha value is -3.02. The van der Waals surface area contributed by atoms with E-state index >= 15 is 0 Å². The minimum absolute atomic E-state index is 0.0855. The summed E-state index contributed by atoms with van der Waals surface area (Å²) in [7, 11) is 0. The third kappa shape index (κ3) is 4.63. The zero-order valence-corrected chi connectivity index (χ0v) is 15.8. The largest absolute Gasteiger partial charge is 0.339 e. The minimum Gasteiger partial charge on any atom is -0.339 e. The van der Waals surface area contributed by atoms with E-state index in [1.54, 1.807) is 12.4 Å². The lowest BCUT2D eigenvalue weighted by molar-refractivity contribution is -0.117. The van der Waals surface area contributed by atoms with Gasteiger partial charge < -0.3 is 9.84 Å². The molecule has 4 rings (SSSR count). The number of rotatable bonds is 6. The van der Waals surface area contributed by atoms with Crippen LogP contribution >= 0.6 is 0 Å². The first-order chi connectivity index (χ1) is 13.8. The van der Waals surface area contributed by atoms with E-state index in [9.17, 15) is 4.79 Å². The first-order valence-electron chi connectivity index (χ1n) is 9.88. The van der Waals surface area contributed by atoms with E-state index < -0.39 is 0 Å². The summed E-state index contributed by atoms with van der Waals surface area (Å²) in [4.78, 5) is 21.0. The Kier molecular flexibility index (Phi) is 5.75. The van der Waals surface area contributed by atoms with Crippen LogP contribution in [0.5, 0.6) is 0 Å². The van der Waals surface area contributed by atoms with Crippen LogP contribution in [0.2, 0.25) is 0 Å². The van der Waals surface area contributed by atoms with E-state index in [0.717, 1.165) is 29.7 Å². The number of anilines is 1. The van der Waals surface area contributed by atoms with Crippen LogP contribution in [0.15, 0.2) is 53.3 Å². The highest BCUT2D eigenvalue weighted by Gasteiger charge is 2.18. The van der Waals surface area contributed by atoms with E-state index in [1.165, 1.54) is 19.3 Å². The molecule has 1 saturated carbocycles. The van der Waals surface area contributed by atoms with Crippen molar-refractivity contribution in [2.24, 2.45) is 5.92 Å². The molecule has 0 radical (unpaired) electrons. The van der Waals surface area contributed by atoms with Crippen molar-refractivity contribution < 1.29 is 9.32 Å². The van der Waals surface area contributed by atoms with Crippen LogP contribution < -0.4 is 5.32 Å². The molecule has 1 aliphatic carbocycles. The van der Waals surface area contributed by atoms with Crippen LogP contribution in [0.25, 0.3) is 11.4 Å². The van der Waals surface area contributed by atoms with E-state index in [2.05, 4.69) is 20.4 Å². The molecule has 0 unspecified atom stereocenters. The molecule has 1 aromatic carbocycles. The van der Waals surface area contributed by atoms with Crippen LogP contribution in [-0.2, 0) is 11.2 Å². The normalized spacial score (nSPS) is 14.7. The molecule has 0 atom stereocenters. The van der Waals surface area contributed by atoms with Crippen molar-refractivity contribution in [1.82, 2.24) is 15.1 Å². The number of carbonyl (C=O) groups excluding carboxylic acids is 1. The molecular weight excluding hydrogens is 352 g/mol. The van der Waals surface area contributed by atoms with Gasteiger partial charge in [-0.25, -0.2) is 0 Å². The number of hydrogen-bond acceptors (Lipinski definition) is 5. The summed E-state index contributed by atoms with van der Waals surface area (Å²) >= 11 is 0. The number of nitrogens with one attached hydrogen (secondary N) is 1. The van der Waals surface area contributed by atoms with Gasteiger partial charge in [0.1, 0.15) is 0 Å². The summed E-state index contributed by atoms with van der Waals surface area (Å²) in [5.41, 5.74) is 2.63. The van der Waals surface area contributed by atoms with Gasteiger partial charge in [-0.1, -0.05) is 42.6 Å². The summed E-state index contributed by atoms with van der Waals surface area (Å²) in [6.45, 7) is 0. The smallest absolute Gasteiger partial charge is 0.231 e. The molecular formula is C22H24N4O2. The lowest BCUT2D eigenvalue weighted by Gasteiger charge is -2.21. The van der Waals surface area contributed by atoms with Crippen molar-refractivity contribution in [2.75, 3.05) is 5.32 Å². The van der Waals surface area contributed by atoms with Gasteiger partial charge in [-0.3, -0.25) is 9.78 Å². The second kappa shape index (κ2) is 8.78. The van der Waals surface area contributed by atoms with E-state index in [1.807, 2.05) is 36.4 Å². The molecule has 6 heteroatoms. The Bertz CT molecular complexity index is 917. The Balaban J connectivity index is 1.43. The van der Waals surface area contributed by atoms with E-state index in [0.29, 0.717) is 30.5 Å². The number of para-hydroxylation sites is 1. The Morgan fingerprint density at radius 2 is 1.86 bits per heavy atom. The summed E-state index contributed by atoms with van der Waals surface area (Å²) in [5, 5.41) is 7.13. The van der Waals surface area contributed by atoms with Crippen molar-refractivity contribution in [1.29, 1.82) is 0 Å². The molecule has 0 spiro atoms. The average Bonchev–Trinajstić information content (AvgIpc) is 3.19. The first-order valence-corrected chi connectivity index (χ1v) is 9.88. The monoisotopic (exact) mass is 376 g/mol. The zero-order valence-electron chi connectivity index (χ0n) is 15.8. The van der Waals surface area contributed by atoms with Crippen molar-refractivity contribution in [2.45, 2.75) is 44.9 Å². The van der Waals surface area contributed by atoms with Crippen LogP contribution in [-0.4, -0.2) is 21.0 Å². The first kappa shape index (κ1) is 18.3. The van der Waals surface area contributed by atoms with Gasteiger partial charge in [0.2, 0.25) is 17.6 Å². The van der Waals surface area contributed by atoms with Crippen LogP contribution in [0.1, 0.15) is 50.0 Å². The molecule has 1 aliphatic rings. The number of hydrogen-bond donors (Lipinski definition) is 1. The summed E-state index contributed by atoms with van der Waals surface area (Å²) in [6, 6.07) is 11.5. The maximum absolute atomic E-state index is 12.5. The van der Waals surface area contributed by atoms with Crippen molar-refractivity contribution in [3.05, 3.63) is 60.2 Å². The predicted octanol–water partition coefficient (Wildman–Crippen LogP) is 4.63.